The minimum absolute atomic E-state index is 0.0223. The number of allylic oxidation sites excluding steroid dienone is 4. The third-order valence-corrected chi connectivity index (χ3v) is 13.7. The number of aliphatic hydroxyl groups is 1. The topological polar surface area (TPSA) is 85.7 Å². The molecule has 240 valence electrons. The van der Waals surface area contributed by atoms with E-state index in [1.807, 2.05) is 37.3 Å². The number of para-hydroxylation sites is 1. The largest absolute Gasteiger partial charge is 0.393 e. The van der Waals surface area contributed by atoms with Crippen molar-refractivity contribution in [3.63, 3.8) is 0 Å². The number of benzene rings is 2. The monoisotopic (exact) mass is 667 g/mol. The smallest absolute Gasteiger partial charge is 0.191 e. The molecule has 8 rings (SSSR count). The van der Waals surface area contributed by atoms with Crippen LogP contribution in [0.4, 0.5) is 13.2 Å². The Morgan fingerprint density at radius 3 is 2.70 bits per heavy atom. The molecule has 2 aromatic carbocycles. The van der Waals surface area contributed by atoms with Gasteiger partial charge in [0.25, 0.3) is 0 Å². The molecule has 9 atom stereocenters. The molecule has 0 spiro atoms. The number of Topliss-reactive ketones (excluding diaryl/α,β-unsaturated/α-hetero) is 1. The fourth-order valence-corrected chi connectivity index (χ4v) is 11.6. The Labute approximate surface area is 272 Å². The summed E-state index contributed by atoms with van der Waals surface area (Å²) in [6.07, 6.45) is 3.90. The van der Waals surface area contributed by atoms with E-state index in [2.05, 4.69) is 11.9 Å². The molecule has 0 bridgehead atoms. The summed E-state index contributed by atoms with van der Waals surface area (Å²) >= 11 is 2.75. The van der Waals surface area contributed by atoms with E-state index in [4.69, 9.17) is 9.47 Å². The highest BCUT2D eigenvalue weighted by atomic mass is 32.2. The predicted molar refractivity (Wildman–Crippen MR) is 166 cm³/mol. The Hall–Kier alpha value is -2.83. The standard InChI is InChI=1S/C35H32F3NO5S2/c1-33-10-9-19(40)11-17(33)7-8-20-21-14-28-35(34(21,2)15-25(41)30(20)33,44-31(43-28)29-22(37)12-18(36)13-23(29)38)27(42)16-45-32-39-24-5-3-4-6-26(24)46-32/h3-6,9-13,20-21,25,28,30-31,41H,7-8,14-16H2,1-2H3/t20?,21?,25-,28+,30?,31?,33?,34?,35+/m0/s1. The Morgan fingerprint density at radius 1 is 1.17 bits per heavy atom. The highest BCUT2D eigenvalue weighted by molar-refractivity contribution is 8.01. The highest BCUT2D eigenvalue weighted by Crippen LogP contribution is 2.70. The molecule has 2 heterocycles. The van der Waals surface area contributed by atoms with Crippen molar-refractivity contribution in [2.24, 2.45) is 28.6 Å². The number of fused-ring (bicyclic) bond motifs is 8. The molecule has 3 aromatic rings. The van der Waals surface area contributed by atoms with Gasteiger partial charge in [0.2, 0.25) is 0 Å². The van der Waals surface area contributed by atoms with E-state index in [0.717, 1.165) is 15.8 Å². The van der Waals surface area contributed by atoms with Crippen LogP contribution in [0.5, 0.6) is 0 Å². The predicted octanol–water partition coefficient (Wildman–Crippen LogP) is 7.12. The van der Waals surface area contributed by atoms with E-state index in [1.54, 1.807) is 12.2 Å². The van der Waals surface area contributed by atoms with Gasteiger partial charge in [0.05, 0.1) is 33.7 Å². The fourth-order valence-electron chi connectivity index (χ4n) is 9.62. The second kappa shape index (κ2) is 10.6. The van der Waals surface area contributed by atoms with Crippen LogP contribution in [0.3, 0.4) is 0 Å². The Kier molecular flexibility index (Phi) is 7.02. The number of carbonyl (C=O) groups is 2. The highest BCUT2D eigenvalue weighted by Gasteiger charge is 2.76. The summed E-state index contributed by atoms with van der Waals surface area (Å²) in [4.78, 5) is 31.5. The molecule has 1 N–H and O–H groups in total. The zero-order valence-electron chi connectivity index (χ0n) is 25.2. The lowest BCUT2D eigenvalue weighted by Gasteiger charge is -2.59. The summed E-state index contributed by atoms with van der Waals surface area (Å²) in [6.45, 7) is 4.01. The van der Waals surface area contributed by atoms with Gasteiger partial charge in [-0.1, -0.05) is 49.4 Å². The summed E-state index contributed by atoms with van der Waals surface area (Å²) < 4.78 is 58.5. The minimum atomic E-state index is -1.62. The summed E-state index contributed by atoms with van der Waals surface area (Å²) in [6, 6.07) is 8.84. The van der Waals surface area contributed by atoms with Crippen LogP contribution in [-0.4, -0.2) is 45.2 Å². The number of hydrogen-bond donors (Lipinski definition) is 1. The van der Waals surface area contributed by atoms with Gasteiger partial charge in [-0.15, -0.1) is 11.3 Å². The summed E-state index contributed by atoms with van der Waals surface area (Å²) in [5.74, 6) is -4.09. The van der Waals surface area contributed by atoms with Crippen molar-refractivity contribution in [2.75, 3.05) is 5.75 Å². The van der Waals surface area contributed by atoms with Crippen molar-refractivity contribution in [1.29, 1.82) is 0 Å². The van der Waals surface area contributed by atoms with Crippen LogP contribution in [0.1, 0.15) is 51.4 Å². The molecular formula is C35H32F3NO5S2. The Morgan fingerprint density at radius 2 is 1.93 bits per heavy atom. The van der Waals surface area contributed by atoms with Crippen molar-refractivity contribution in [3.05, 3.63) is 83.2 Å². The zero-order valence-corrected chi connectivity index (χ0v) is 26.8. The molecule has 6 unspecified atom stereocenters. The molecule has 11 heteroatoms. The molecule has 3 saturated carbocycles. The van der Waals surface area contributed by atoms with Crippen LogP contribution < -0.4 is 0 Å². The number of hydrogen-bond acceptors (Lipinski definition) is 8. The molecule has 5 aliphatic rings. The summed E-state index contributed by atoms with van der Waals surface area (Å²) in [5, 5.41) is 12.0. The SMILES string of the molecule is CC12C=CC(=O)C=C1CCC1C2[C@@H](O)CC2(C)C1C[C@H]1OC(c3c(F)cc(F)cc3F)O[C@]12C(=O)CSc1nc2ccccc2s1. The van der Waals surface area contributed by atoms with Gasteiger partial charge in [-0.2, -0.15) is 0 Å². The first-order valence-corrected chi connectivity index (χ1v) is 17.4. The van der Waals surface area contributed by atoms with E-state index in [9.17, 15) is 19.1 Å². The van der Waals surface area contributed by atoms with Crippen molar-refractivity contribution in [1.82, 2.24) is 4.98 Å². The number of rotatable bonds is 5. The third-order valence-electron chi connectivity index (χ3n) is 11.5. The lowest BCUT2D eigenvalue weighted by Crippen LogP contribution is -2.63. The van der Waals surface area contributed by atoms with Crippen LogP contribution in [0.15, 0.2) is 64.5 Å². The number of nitrogens with zero attached hydrogens (tertiary/aromatic N) is 1. The summed E-state index contributed by atoms with van der Waals surface area (Å²) in [7, 11) is 0. The number of aliphatic hydroxyl groups excluding tert-OH is 1. The first-order valence-electron chi connectivity index (χ1n) is 15.6. The second-order valence-electron chi connectivity index (χ2n) is 13.7. The molecule has 1 aromatic heterocycles. The first-order chi connectivity index (χ1) is 21.9. The maximum atomic E-state index is 15.1. The van der Waals surface area contributed by atoms with Crippen LogP contribution in [0.2, 0.25) is 0 Å². The summed E-state index contributed by atoms with van der Waals surface area (Å²) in [5.41, 5.74) is -1.83. The lowest BCUT2D eigenvalue weighted by atomic mass is 9.46. The van der Waals surface area contributed by atoms with Gasteiger partial charge in [-0.3, -0.25) is 9.59 Å². The molecular weight excluding hydrogens is 636 g/mol. The average Bonchev–Trinajstić information content (AvgIpc) is 3.65. The van der Waals surface area contributed by atoms with Crippen molar-refractivity contribution >= 4 is 44.9 Å². The van der Waals surface area contributed by atoms with Gasteiger partial charge in [0.15, 0.2) is 27.8 Å². The molecule has 46 heavy (non-hydrogen) atoms. The molecule has 1 aliphatic heterocycles. The normalized spacial score (nSPS) is 37.9. The number of carbonyl (C=O) groups excluding carboxylic acids is 2. The molecule has 4 fully saturated rings. The van der Waals surface area contributed by atoms with Crippen LogP contribution in [0, 0.1) is 46.0 Å². The number of aromatic nitrogens is 1. The van der Waals surface area contributed by atoms with E-state index >= 15 is 8.78 Å². The molecule has 0 amide bonds. The van der Waals surface area contributed by atoms with Gasteiger partial charge in [0, 0.05) is 28.9 Å². The first kappa shape index (κ1) is 30.5. The second-order valence-corrected chi connectivity index (χ2v) is 16.0. The maximum absolute atomic E-state index is 15.1. The minimum Gasteiger partial charge on any atom is -0.393 e. The van der Waals surface area contributed by atoms with Gasteiger partial charge in [0.1, 0.15) is 17.5 Å². The number of halogens is 3. The maximum Gasteiger partial charge on any atom is 0.191 e. The van der Waals surface area contributed by atoms with Crippen LogP contribution in [0.25, 0.3) is 10.2 Å². The molecule has 1 saturated heterocycles. The van der Waals surface area contributed by atoms with Gasteiger partial charge < -0.3 is 14.6 Å². The van der Waals surface area contributed by atoms with Gasteiger partial charge >= 0.3 is 0 Å². The number of thioether (sulfide) groups is 1. The Balaban J connectivity index is 1.18. The number of ketones is 2. The zero-order chi connectivity index (χ0) is 32.2. The number of thiazole rings is 1. The van der Waals surface area contributed by atoms with Gasteiger partial charge in [-0.25, -0.2) is 18.2 Å². The van der Waals surface area contributed by atoms with E-state index in [-0.39, 0.29) is 41.5 Å². The molecule has 4 aliphatic carbocycles. The van der Waals surface area contributed by atoms with Crippen molar-refractivity contribution in [2.45, 2.75) is 68.0 Å². The number of ether oxygens (including phenoxy) is 2. The fraction of sp³-hybridized carbons (Fsp3) is 0.457. The van der Waals surface area contributed by atoms with Crippen LogP contribution in [-0.2, 0) is 19.1 Å². The average molecular weight is 668 g/mol. The van der Waals surface area contributed by atoms with Crippen molar-refractivity contribution in [3.8, 4) is 0 Å². The van der Waals surface area contributed by atoms with Crippen molar-refractivity contribution < 1.29 is 37.3 Å². The Bertz CT molecular complexity index is 1800. The van der Waals surface area contributed by atoms with Gasteiger partial charge in [-0.05, 0) is 61.8 Å². The van der Waals surface area contributed by atoms with Crippen LogP contribution >= 0.6 is 23.1 Å². The van der Waals surface area contributed by atoms with E-state index in [0.29, 0.717) is 35.7 Å². The third kappa shape index (κ3) is 4.24. The van der Waals surface area contributed by atoms with E-state index in [1.165, 1.54) is 23.1 Å². The molecule has 6 nitrogen and oxygen atoms in total. The van der Waals surface area contributed by atoms with E-state index < -0.39 is 57.9 Å². The molecule has 0 radical (unpaired) electrons. The lowest BCUT2D eigenvalue weighted by molar-refractivity contribution is -0.199. The quantitative estimate of drug-likeness (QED) is 0.290.